The summed E-state index contributed by atoms with van der Waals surface area (Å²) < 4.78 is 4.44. The minimum absolute atomic E-state index is 0.116. The summed E-state index contributed by atoms with van der Waals surface area (Å²) in [5.41, 5.74) is 0. The van der Waals surface area contributed by atoms with Crippen molar-refractivity contribution in [3.05, 3.63) is 0 Å². The van der Waals surface area contributed by atoms with Gasteiger partial charge in [0.05, 0.1) is 12.0 Å². The number of rotatable bonds is 4. The van der Waals surface area contributed by atoms with E-state index >= 15 is 0 Å². The van der Waals surface area contributed by atoms with E-state index in [2.05, 4.69) is 4.52 Å². The number of hydrogen-bond acceptors (Lipinski definition) is 3. The molecule has 1 atom stereocenters. The van der Waals surface area contributed by atoms with Gasteiger partial charge in [0.15, 0.2) is 0 Å². The molecule has 0 aromatic heterocycles. The van der Waals surface area contributed by atoms with Gasteiger partial charge in [-0.3, -0.25) is 0 Å². The first kappa shape index (κ1) is 9.60. The van der Waals surface area contributed by atoms with Crippen molar-refractivity contribution in [1.82, 2.24) is 0 Å². The molecular formula is C4H10ClO3P. The Labute approximate surface area is 60.6 Å². The highest BCUT2D eigenvalue weighted by Crippen LogP contribution is 2.25. The Hall–Kier alpha value is 0.600. The summed E-state index contributed by atoms with van der Waals surface area (Å²) in [6.07, 6.45) is 0.769. The molecule has 0 fully saturated rings. The third-order valence-corrected chi connectivity index (χ3v) is 1.63. The smallest absolute Gasteiger partial charge is 0.327 e. The predicted octanol–water partition coefficient (Wildman–Crippen LogP) is 1.23. The molecule has 0 rings (SSSR count). The normalized spacial score (nSPS) is 14.3. The van der Waals surface area contributed by atoms with Gasteiger partial charge >= 0.3 is 8.60 Å². The van der Waals surface area contributed by atoms with E-state index in [1.807, 2.05) is 6.92 Å². The zero-order valence-electron chi connectivity index (χ0n) is 5.12. The number of halogens is 1. The van der Waals surface area contributed by atoms with Gasteiger partial charge in [-0.2, -0.15) is 0 Å². The fourth-order valence-corrected chi connectivity index (χ4v) is 0.730. The maximum Gasteiger partial charge on any atom is 0.327 e. The van der Waals surface area contributed by atoms with Crippen molar-refractivity contribution in [3.8, 4) is 0 Å². The lowest BCUT2D eigenvalue weighted by molar-refractivity contribution is 0.253. The predicted molar refractivity (Wildman–Crippen MR) is 37.2 cm³/mol. The summed E-state index contributed by atoms with van der Waals surface area (Å²) in [7, 11) is -2.22. The van der Waals surface area contributed by atoms with Crippen molar-refractivity contribution < 1.29 is 14.3 Å². The minimum Gasteiger partial charge on any atom is -0.328 e. The highest BCUT2D eigenvalue weighted by atomic mass is 35.5. The monoisotopic (exact) mass is 172 g/mol. The maximum absolute atomic E-state index is 8.24. The summed E-state index contributed by atoms with van der Waals surface area (Å²) in [5.74, 6) is 0. The molecule has 2 N–H and O–H groups in total. The molecule has 9 heavy (non-hydrogen) atoms. The van der Waals surface area contributed by atoms with Gasteiger partial charge in [-0.05, 0) is 6.42 Å². The van der Waals surface area contributed by atoms with Crippen molar-refractivity contribution in [1.29, 1.82) is 0 Å². The van der Waals surface area contributed by atoms with Crippen molar-refractivity contribution in [2.75, 3.05) is 6.61 Å². The lowest BCUT2D eigenvalue weighted by Gasteiger charge is -2.06. The quantitative estimate of drug-likeness (QED) is 0.495. The van der Waals surface area contributed by atoms with E-state index in [0.717, 1.165) is 6.42 Å². The molecule has 5 heteroatoms. The lowest BCUT2D eigenvalue weighted by Crippen LogP contribution is -2.04. The van der Waals surface area contributed by atoms with E-state index in [0.29, 0.717) is 0 Å². The second kappa shape index (κ2) is 5.39. The molecule has 0 amide bonds. The largest absolute Gasteiger partial charge is 0.328 e. The third-order valence-electron chi connectivity index (χ3n) is 0.814. The van der Waals surface area contributed by atoms with Gasteiger partial charge < -0.3 is 14.3 Å². The van der Waals surface area contributed by atoms with Gasteiger partial charge in [0.25, 0.3) is 0 Å². The first-order chi connectivity index (χ1) is 4.16. The average Bonchev–Trinajstić information content (AvgIpc) is 1.83. The first-order valence-corrected chi connectivity index (χ1v) is 4.21. The van der Waals surface area contributed by atoms with Gasteiger partial charge in [-0.1, -0.05) is 6.92 Å². The number of hydrogen-bond donors (Lipinski definition) is 2. The molecule has 0 bridgehead atoms. The summed E-state index contributed by atoms with van der Waals surface area (Å²) in [6, 6.07) is 0. The second-order valence-corrected chi connectivity index (χ2v) is 2.93. The summed E-state index contributed by atoms with van der Waals surface area (Å²) in [5, 5.41) is -0.116. The van der Waals surface area contributed by atoms with Crippen LogP contribution in [0, 0.1) is 0 Å². The molecule has 0 spiro atoms. The van der Waals surface area contributed by atoms with Crippen LogP contribution in [0.5, 0.6) is 0 Å². The van der Waals surface area contributed by atoms with E-state index in [1.54, 1.807) is 0 Å². The molecule has 0 saturated carbocycles. The van der Waals surface area contributed by atoms with Gasteiger partial charge in [-0.25, -0.2) is 0 Å². The topological polar surface area (TPSA) is 49.7 Å². The SMILES string of the molecule is CCC(Cl)COP(O)O. The molecule has 0 aromatic carbocycles. The highest BCUT2D eigenvalue weighted by Gasteiger charge is 2.04. The molecule has 0 aliphatic carbocycles. The van der Waals surface area contributed by atoms with E-state index in [-0.39, 0.29) is 12.0 Å². The van der Waals surface area contributed by atoms with Crippen LogP contribution in [0.4, 0.5) is 0 Å². The Morgan fingerprint density at radius 1 is 1.67 bits per heavy atom. The molecule has 3 nitrogen and oxygen atoms in total. The molecule has 0 aromatic rings. The Kier molecular flexibility index (Phi) is 5.75. The third kappa shape index (κ3) is 6.49. The van der Waals surface area contributed by atoms with Crippen LogP contribution >= 0.6 is 20.2 Å². The van der Waals surface area contributed by atoms with E-state index in [9.17, 15) is 0 Å². The van der Waals surface area contributed by atoms with Crippen molar-refractivity contribution in [3.63, 3.8) is 0 Å². The van der Waals surface area contributed by atoms with Crippen LogP contribution in [-0.2, 0) is 4.52 Å². The fraction of sp³-hybridized carbons (Fsp3) is 1.00. The van der Waals surface area contributed by atoms with Crippen LogP contribution < -0.4 is 0 Å². The van der Waals surface area contributed by atoms with Crippen LogP contribution in [0.3, 0.4) is 0 Å². The van der Waals surface area contributed by atoms with Gasteiger partial charge in [-0.15, -0.1) is 11.6 Å². The zero-order valence-corrected chi connectivity index (χ0v) is 6.77. The standard InChI is InChI=1S/C4H10ClO3P/c1-2-4(5)3-8-9(6)7/h4,6-7H,2-3H2,1H3. The average molecular weight is 173 g/mol. The first-order valence-electron chi connectivity index (χ1n) is 2.61. The van der Waals surface area contributed by atoms with Gasteiger partial charge in [0.1, 0.15) is 0 Å². The lowest BCUT2D eigenvalue weighted by atomic mass is 10.4. The fourth-order valence-electron chi connectivity index (χ4n) is 0.265. The number of alkyl halides is 1. The molecule has 1 unspecified atom stereocenters. The Morgan fingerprint density at radius 2 is 2.22 bits per heavy atom. The van der Waals surface area contributed by atoms with Gasteiger partial charge in [0, 0.05) is 0 Å². The molecule has 0 aliphatic rings. The van der Waals surface area contributed by atoms with E-state index in [4.69, 9.17) is 21.4 Å². The van der Waals surface area contributed by atoms with Crippen LogP contribution in [0.15, 0.2) is 0 Å². The van der Waals surface area contributed by atoms with Crippen molar-refractivity contribution >= 4 is 20.2 Å². The Balaban J connectivity index is 3.06. The molecule has 0 aliphatic heterocycles. The molecule has 56 valence electrons. The second-order valence-electron chi connectivity index (χ2n) is 1.55. The van der Waals surface area contributed by atoms with Crippen molar-refractivity contribution in [2.24, 2.45) is 0 Å². The summed E-state index contributed by atoms with van der Waals surface area (Å²) in [4.78, 5) is 16.5. The molecular weight excluding hydrogens is 162 g/mol. The van der Waals surface area contributed by atoms with E-state index < -0.39 is 8.60 Å². The van der Waals surface area contributed by atoms with E-state index in [1.165, 1.54) is 0 Å². The van der Waals surface area contributed by atoms with Gasteiger partial charge in [0.2, 0.25) is 0 Å². The zero-order chi connectivity index (χ0) is 7.28. The highest BCUT2D eigenvalue weighted by molar-refractivity contribution is 7.39. The maximum atomic E-state index is 8.24. The summed E-state index contributed by atoms with van der Waals surface area (Å²) >= 11 is 5.57. The van der Waals surface area contributed by atoms with Crippen LogP contribution in [0.2, 0.25) is 0 Å². The van der Waals surface area contributed by atoms with Crippen LogP contribution in [0.1, 0.15) is 13.3 Å². The van der Waals surface area contributed by atoms with Crippen molar-refractivity contribution in [2.45, 2.75) is 18.7 Å². The molecule has 0 saturated heterocycles. The Morgan fingerprint density at radius 3 is 2.56 bits per heavy atom. The minimum atomic E-state index is -2.22. The van der Waals surface area contributed by atoms with Crippen LogP contribution in [-0.4, -0.2) is 21.8 Å². The Bertz CT molecular complexity index is 70.8. The summed E-state index contributed by atoms with van der Waals surface area (Å²) in [6.45, 7) is 2.11. The molecule has 0 radical (unpaired) electrons. The molecule has 0 heterocycles. The van der Waals surface area contributed by atoms with Crippen LogP contribution in [0.25, 0.3) is 0 Å².